The van der Waals surface area contributed by atoms with Gasteiger partial charge in [-0.05, 0) is 19.4 Å². The summed E-state index contributed by atoms with van der Waals surface area (Å²) in [6.45, 7) is 8.27. The van der Waals surface area contributed by atoms with E-state index < -0.39 is 17.3 Å². The van der Waals surface area contributed by atoms with Crippen LogP contribution in [0.15, 0.2) is 39.9 Å². The lowest BCUT2D eigenvalue weighted by molar-refractivity contribution is -0.119. The average Bonchev–Trinajstić information content (AvgIpc) is 3.13. The van der Waals surface area contributed by atoms with Crippen LogP contribution in [-0.4, -0.2) is 60.9 Å². The van der Waals surface area contributed by atoms with Crippen molar-refractivity contribution in [2.75, 3.05) is 26.2 Å². The fourth-order valence-corrected chi connectivity index (χ4v) is 4.10. The number of piperazine rings is 1. The standard InChI is InChI=1S/C22H28N6O3/c1-15(16(2)29)28-18(23-20-19(28)21(30)24-22(31)25(20)3)14-27-11-9-26(10-12-27)13-17-7-5-4-6-8-17/h4-8,15H,9-14H2,1-3H3,(H,24,30,31)/t15-/m0/s1. The zero-order chi connectivity index (χ0) is 22.1. The monoisotopic (exact) mass is 424 g/mol. The third-order valence-corrected chi connectivity index (χ3v) is 6.08. The molecule has 1 aliphatic heterocycles. The normalized spacial score (nSPS) is 16.6. The number of nitrogens with zero attached hydrogens (tertiary/aromatic N) is 5. The fraction of sp³-hybridized carbons (Fsp3) is 0.455. The SMILES string of the molecule is CC(=O)[C@H](C)n1c(CN2CCN(Cc3ccccc3)CC2)nc2c1c(=O)[nH]c(=O)n2C. The predicted molar refractivity (Wildman–Crippen MR) is 118 cm³/mol. The van der Waals surface area contributed by atoms with E-state index in [2.05, 4.69) is 44.0 Å². The molecule has 1 N–H and O–H groups in total. The first-order valence-electron chi connectivity index (χ1n) is 10.5. The van der Waals surface area contributed by atoms with Gasteiger partial charge in [0.15, 0.2) is 16.9 Å². The summed E-state index contributed by atoms with van der Waals surface area (Å²) in [5.41, 5.74) is 0.839. The van der Waals surface area contributed by atoms with Crippen LogP contribution in [0, 0.1) is 0 Å². The molecule has 0 radical (unpaired) electrons. The van der Waals surface area contributed by atoms with E-state index in [1.807, 2.05) is 6.07 Å². The first-order chi connectivity index (χ1) is 14.8. The highest BCUT2D eigenvalue weighted by Gasteiger charge is 2.25. The maximum absolute atomic E-state index is 12.6. The van der Waals surface area contributed by atoms with Gasteiger partial charge in [0.05, 0.1) is 12.6 Å². The number of hydrogen-bond acceptors (Lipinski definition) is 6. The summed E-state index contributed by atoms with van der Waals surface area (Å²) in [6.07, 6.45) is 0. The Morgan fingerprint density at radius 1 is 1.06 bits per heavy atom. The van der Waals surface area contributed by atoms with Gasteiger partial charge in [-0.15, -0.1) is 0 Å². The molecule has 1 atom stereocenters. The van der Waals surface area contributed by atoms with E-state index in [0.717, 1.165) is 32.7 Å². The Bertz CT molecular complexity index is 1200. The second-order valence-corrected chi connectivity index (χ2v) is 8.21. The van der Waals surface area contributed by atoms with Gasteiger partial charge in [0, 0.05) is 39.8 Å². The van der Waals surface area contributed by atoms with Crippen LogP contribution >= 0.6 is 0 Å². The second kappa shape index (κ2) is 8.60. The van der Waals surface area contributed by atoms with Crippen LogP contribution in [0.2, 0.25) is 0 Å². The number of Topliss-reactive ketones (excluding diaryl/α,β-unsaturated/α-hetero) is 1. The molecule has 3 aromatic rings. The first-order valence-corrected chi connectivity index (χ1v) is 10.5. The number of carbonyl (C=O) groups is 1. The van der Waals surface area contributed by atoms with Crippen molar-refractivity contribution in [3.05, 3.63) is 62.6 Å². The summed E-state index contributed by atoms with van der Waals surface area (Å²) in [5, 5.41) is 0. The molecule has 0 saturated carbocycles. The highest BCUT2D eigenvalue weighted by atomic mass is 16.2. The number of nitrogens with one attached hydrogen (secondary N) is 1. The number of imidazole rings is 1. The number of aryl methyl sites for hydroxylation is 1. The Morgan fingerprint density at radius 3 is 2.29 bits per heavy atom. The zero-order valence-corrected chi connectivity index (χ0v) is 18.2. The first kappa shape index (κ1) is 21.2. The minimum absolute atomic E-state index is 0.0681. The Morgan fingerprint density at radius 2 is 1.68 bits per heavy atom. The molecule has 1 aliphatic rings. The van der Waals surface area contributed by atoms with Crippen molar-refractivity contribution in [1.82, 2.24) is 28.9 Å². The van der Waals surface area contributed by atoms with Gasteiger partial charge in [-0.1, -0.05) is 30.3 Å². The lowest BCUT2D eigenvalue weighted by Gasteiger charge is -2.34. The minimum Gasteiger partial charge on any atom is -0.311 e. The van der Waals surface area contributed by atoms with Crippen molar-refractivity contribution in [3.8, 4) is 0 Å². The maximum atomic E-state index is 12.6. The number of H-pyrrole nitrogens is 1. The van der Waals surface area contributed by atoms with Crippen LogP contribution in [0.25, 0.3) is 11.2 Å². The van der Waals surface area contributed by atoms with Crippen LogP contribution < -0.4 is 11.2 Å². The van der Waals surface area contributed by atoms with Crippen molar-refractivity contribution in [2.24, 2.45) is 7.05 Å². The average molecular weight is 425 g/mol. The molecule has 0 unspecified atom stereocenters. The number of carbonyl (C=O) groups excluding carboxylic acids is 1. The van der Waals surface area contributed by atoms with Crippen molar-refractivity contribution < 1.29 is 4.79 Å². The van der Waals surface area contributed by atoms with Crippen LogP contribution in [0.1, 0.15) is 31.3 Å². The molecule has 31 heavy (non-hydrogen) atoms. The van der Waals surface area contributed by atoms with Crippen molar-refractivity contribution in [1.29, 1.82) is 0 Å². The van der Waals surface area contributed by atoms with E-state index in [9.17, 15) is 14.4 Å². The van der Waals surface area contributed by atoms with Gasteiger partial charge >= 0.3 is 5.69 Å². The Balaban J connectivity index is 1.57. The molecule has 0 bridgehead atoms. The third kappa shape index (κ3) is 4.24. The molecule has 4 rings (SSSR count). The summed E-state index contributed by atoms with van der Waals surface area (Å²) < 4.78 is 3.01. The van der Waals surface area contributed by atoms with E-state index in [1.54, 1.807) is 18.5 Å². The molecule has 0 amide bonds. The molecular formula is C22H28N6O3. The van der Waals surface area contributed by atoms with E-state index >= 15 is 0 Å². The molecular weight excluding hydrogens is 396 g/mol. The molecule has 1 saturated heterocycles. The van der Waals surface area contributed by atoms with E-state index in [0.29, 0.717) is 18.0 Å². The van der Waals surface area contributed by atoms with Gasteiger partial charge in [0.1, 0.15) is 5.82 Å². The number of aromatic amines is 1. The van der Waals surface area contributed by atoms with Crippen molar-refractivity contribution in [2.45, 2.75) is 33.0 Å². The number of aromatic nitrogens is 4. The van der Waals surface area contributed by atoms with Crippen LogP contribution in [0.4, 0.5) is 0 Å². The zero-order valence-electron chi connectivity index (χ0n) is 18.2. The molecule has 9 nitrogen and oxygen atoms in total. The summed E-state index contributed by atoms with van der Waals surface area (Å²) >= 11 is 0. The number of benzene rings is 1. The topological polar surface area (TPSA) is 96.2 Å². The lowest BCUT2D eigenvalue weighted by Crippen LogP contribution is -2.45. The summed E-state index contributed by atoms with van der Waals surface area (Å²) in [7, 11) is 1.57. The molecule has 0 spiro atoms. The largest absolute Gasteiger partial charge is 0.329 e. The Hall–Kier alpha value is -3.04. The van der Waals surface area contributed by atoms with Gasteiger partial charge < -0.3 is 4.57 Å². The molecule has 2 aromatic heterocycles. The Labute approximate surface area is 179 Å². The molecule has 1 aromatic carbocycles. The Kier molecular flexibility index (Phi) is 5.88. The van der Waals surface area contributed by atoms with Gasteiger partial charge in [-0.25, -0.2) is 9.78 Å². The third-order valence-electron chi connectivity index (χ3n) is 6.08. The van der Waals surface area contributed by atoms with Crippen LogP contribution in [0.5, 0.6) is 0 Å². The van der Waals surface area contributed by atoms with Gasteiger partial charge in [0.2, 0.25) is 0 Å². The summed E-state index contributed by atoms with van der Waals surface area (Å²) in [6, 6.07) is 9.87. The van der Waals surface area contributed by atoms with Crippen molar-refractivity contribution in [3.63, 3.8) is 0 Å². The highest BCUT2D eigenvalue weighted by molar-refractivity contribution is 5.82. The van der Waals surface area contributed by atoms with Gasteiger partial charge in [-0.3, -0.25) is 28.9 Å². The second-order valence-electron chi connectivity index (χ2n) is 8.21. The molecule has 3 heterocycles. The summed E-state index contributed by atoms with van der Waals surface area (Å²) in [4.78, 5) is 48.4. The van der Waals surface area contributed by atoms with Crippen LogP contribution in [-0.2, 0) is 24.9 Å². The smallest absolute Gasteiger partial charge is 0.311 e. The van der Waals surface area contributed by atoms with Gasteiger partial charge in [0.25, 0.3) is 5.56 Å². The number of rotatable bonds is 6. The maximum Gasteiger partial charge on any atom is 0.329 e. The molecule has 9 heteroatoms. The quantitative estimate of drug-likeness (QED) is 0.631. The van der Waals surface area contributed by atoms with E-state index in [4.69, 9.17) is 0 Å². The number of hydrogen-bond donors (Lipinski definition) is 1. The molecule has 164 valence electrons. The lowest BCUT2D eigenvalue weighted by atomic mass is 10.2. The van der Waals surface area contributed by atoms with Gasteiger partial charge in [-0.2, -0.15) is 0 Å². The highest BCUT2D eigenvalue weighted by Crippen LogP contribution is 2.20. The molecule has 0 aliphatic carbocycles. The van der Waals surface area contributed by atoms with Crippen molar-refractivity contribution >= 4 is 16.9 Å². The number of ketones is 1. The summed E-state index contributed by atoms with van der Waals surface area (Å²) in [5.74, 6) is 0.558. The fourth-order valence-electron chi connectivity index (χ4n) is 4.10. The van der Waals surface area contributed by atoms with E-state index in [-0.39, 0.29) is 11.3 Å². The predicted octanol–water partition coefficient (Wildman–Crippen LogP) is 0.891. The van der Waals surface area contributed by atoms with E-state index in [1.165, 1.54) is 17.1 Å². The van der Waals surface area contributed by atoms with Crippen LogP contribution in [0.3, 0.4) is 0 Å². The number of fused-ring (bicyclic) bond motifs is 1. The minimum atomic E-state index is -0.544. The molecule has 1 fully saturated rings.